The van der Waals surface area contributed by atoms with Gasteiger partial charge in [-0.2, -0.15) is 0 Å². The zero-order valence-corrected chi connectivity index (χ0v) is 16.7. The van der Waals surface area contributed by atoms with Crippen LogP contribution in [0, 0.1) is 5.92 Å². The van der Waals surface area contributed by atoms with Gasteiger partial charge in [0.1, 0.15) is 11.4 Å². The minimum absolute atomic E-state index is 0.0875. The normalized spacial score (nSPS) is 15.5. The highest BCUT2D eigenvalue weighted by Gasteiger charge is 2.28. The number of methoxy groups -OCH3 is 1. The van der Waals surface area contributed by atoms with E-state index in [9.17, 15) is 14.7 Å². The van der Waals surface area contributed by atoms with E-state index in [-0.39, 0.29) is 11.7 Å². The van der Waals surface area contributed by atoms with Crippen LogP contribution in [0.3, 0.4) is 0 Å². The summed E-state index contributed by atoms with van der Waals surface area (Å²) in [5.41, 5.74) is 0.766. The summed E-state index contributed by atoms with van der Waals surface area (Å²) in [5, 5.41) is 9.98. The Morgan fingerprint density at radius 1 is 1.18 bits per heavy atom. The first kappa shape index (κ1) is 20.1. The third-order valence-electron chi connectivity index (χ3n) is 5.22. The van der Waals surface area contributed by atoms with Gasteiger partial charge in [0, 0.05) is 30.4 Å². The van der Waals surface area contributed by atoms with Crippen molar-refractivity contribution < 1.29 is 19.4 Å². The number of carbonyl (C=O) groups is 2. The molecule has 150 valence electrons. The molecule has 1 aromatic heterocycles. The third-order valence-corrected chi connectivity index (χ3v) is 5.22. The average Bonchev–Trinajstić information content (AvgIpc) is 3.16. The van der Waals surface area contributed by atoms with E-state index in [1.165, 1.54) is 0 Å². The highest BCUT2D eigenvalue weighted by molar-refractivity contribution is 6.10. The predicted molar refractivity (Wildman–Crippen MR) is 107 cm³/mol. The van der Waals surface area contributed by atoms with Gasteiger partial charge >= 0.3 is 0 Å². The van der Waals surface area contributed by atoms with Crippen molar-refractivity contribution in [2.75, 3.05) is 20.2 Å². The summed E-state index contributed by atoms with van der Waals surface area (Å²) in [6.45, 7) is 4.98. The number of likely N-dealkylation sites (tertiary alicyclic amines) is 1. The number of ketones is 1. The van der Waals surface area contributed by atoms with Crippen LogP contribution in [0.5, 0.6) is 5.75 Å². The minimum Gasteiger partial charge on any atom is -0.497 e. The molecule has 1 saturated heterocycles. The number of H-pyrrole nitrogens is 1. The minimum atomic E-state index is -0.674. The number of hydrogen-bond acceptors (Lipinski definition) is 4. The first-order valence-corrected chi connectivity index (χ1v) is 9.65. The topological polar surface area (TPSA) is 82.6 Å². The van der Waals surface area contributed by atoms with Crippen molar-refractivity contribution in [1.82, 2.24) is 9.88 Å². The van der Waals surface area contributed by atoms with Crippen molar-refractivity contribution in [2.45, 2.75) is 38.7 Å². The lowest BCUT2D eigenvalue weighted by Crippen LogP contribution is -2.40. The van der Waals surface area contributed by atoms with E-state index < -0.39 is 5.60 Å². The molecule has 1 amide bonds. The quantitative estimate of drug-likeness (QED) is 0.749. The maximum atomic E-state index is 12.8. The molecule has 1 aliphatic heterocycles. The molecular weight excluding hydrogens is 356 g/mol. The highest BCUT2D eigenvalue weighted by atomic mass is 16.5. The molecule has 1 fully saturated rings. The molecule has 1 aromatic carbocycles. The van der Waals surface area contributed by atoms with Crippen LogP contribution in [0.1, 0.15) is 59.5 Å². The van der Waals surface area contributed by atoms with Gasteiger partial charge in [-0.3, -0.25) is 9.59 Å². The summed E-state index contributed by atoms with van der Waals surface area (Å²) >= 11 is 0. The summed E-state index contributed by atoms with van der Waals surface area (Å²) in [6.07, 6.45) is 4.10. The van der Waals surface area contributed by atoms with Crippen LogP contribution in [-0.2, 0) is 0 Å². The van der Waals surface area contributed by atoms with Gasteiger partial charge in [-0.05, 0) is 69.4 Å². The fourth-order valence-corrected chi connectivity index (χ4v) is 3.77. The highest BCUT2D eigenvalue weighted by Crippen LogP contribution is 2.27. The lowest BCUT2D eigenvalue weighted by molar-refractivity contribution is 0.0357. The number of hydrogen-bond donors (Lipinski definition) is 2. The number of ether oxygens (including phenoxy) is 1. The summed E-state index contributed by atoms with van der Waals surface area (Å²) < 4.78 is 5.11. The van der Waals surface area contributed by atoms with Crippen molar-refractivity contribution in [3.8, 4) is 5.75 Å². The molecule has 0 bridgehead atoms. The van der Waals surface area contributed by atoms with E-state index in [0.29, 0.717) is 41.6 Å². The number of aliphatic hydroxyl groups is 1. The number of piperidine rings is 1. The van der Waals surface area contributed by atoms with Crippen molar-refractivity contribution in [3.63, 3.8) is 0 Å². The van der Waals surface area contributed by atoms with Crippen LogP contribution in [0.25, 0.3) is 0 Å². The Hall–Kier alpha value is -2.60. The second-order valence-corrected chi connectivity index (χ2v) is 8.11. The van der Waals surface area contributed by atoms with E-state index in [4.69, 9.17) is 4.74 Å². The Morgan fingerprint density at radius 3 is 2.39 bits per heavy atom. The Balaban J connectivity index is 1.62. The Kier molecular flexibility index (Phi) is 5.89. The molecular formula is C22H28N2O4. The van der Waals surface area contributed by atoms with Crippen LogP contribution < -0.4 is 4.74 Å². The van der Waals surface area contributed by atoms with Crippen molar-refractivity contribution in [3.05, 3.63) is 53.3 Å². The SMILES string of the molecule is COc1ccc(C(=O)c2c[nH]c(C(=O)N3CCC(CC(C)(C)O)CC3)c2)cc1. The van der Waals surface area contributed by atoms with Gasteiger partial charge < -0.3 is 19.7 Å². The van der Waals surface area contributed by atoms with Gasteiger partial charge in [-0.15, -0.1) is 0 Å². The fourth-order valence-electron chi connectivity index (χ4n) is 3.77. The number of aromatic nitrogens is 1. The van der Waals surface area contributed by atoms with Crippen molar-refractivity contribution in [1.29, 1.82) is 0 Å². The maximum Gasteiger partial charge on any atom is 0.270 e. The van der Waals surface area contributed by atoms with Crippen molar-refractivity contribution >= 4 is 11.7 Å². The molecule has 0 saturated carbocycles. The maximum absolute atomic E-state index is 12.8. The van der Waals surface area contributed by atoms with Crippen LogP contribution >= 0.6 is 0 Å². The second kappa shape index (κ2) is 8.19. The van der Waals surface area contributed by atoms with E-state index >= 15 is 0 Å². The molecule has 0 aliphatic carbocycles. The Morgan fingerprint density at radius 2 is 1.82 bits per heavy atom. The van der Waals surface area contributed by atoms with E-state index in [1.807, 2.05) is 18.7 Å². The standard InChI is InChI=1S/C22H28N2O4/c1-22(2,27)13-15-8-10-24(11-9-15)21(26)19-12-17(14-23-19)20(25)16-4-6-18(28-3)7-5-16/h4-7,12,14-15,23,27H,8-11,13H2,1-3H3. The Labute approximate surface area is 165 Å². The molecule has 3 rings (SSSR count). The lowest BCUT2D eigenvalue weighted by Gasteiger charge is -2.34. The number of amides is 1. The molecule has 0 radical (unpaired) electrons. The zero-order chi connectivity index (χ0) is 20.3. The molecule has 2 aromatic rings. The zero-order valence-electron chi connectivity index (χ0n) is 16.7. The predicted octanol–water partition coefficient (Wildman–Crippen LogP) is 3.27. The van der Waals surface area contributed by atoms with Crippen LogP contribution in [-0.4, -0.2) is 52.5 Å². The number of aromatic amines is 1. The van der Waals surface area contributed by atoms with Crippen LogP contribution in [0.2, 0.25) is 0 Å². The molecule has 2 N–H and O–H groups in total. The molecule has 0 atom stereocenters. The van der Waals surface area contributed by atoms with Gasteiger partial charge in [-0.1, -0.05) is 0 Å². The van der Waals surface area contributed by atoms with E-state index in [0.717, 1.165) is 19.3 Å². The van der Waals surface area contributed by atoms with Gasteiger partial charge in [0.15, 0.2) is 5.78 Å². The summed E-state index contributed by atoms with van der Waals surface area (Å²) in [7, 11) is 1.58. The third kappa shape index (κ3) is 4.81. The molecule has 6 nitrogen and oxygen atoms in total. The van der Waals surface area contributed by atoms with Gasteiger partial charge in [0.2, 0.25) is 0 Å². The number of nitrogens with one attached hydrogen (secondary N) is 1. The average molecular weight is 384 g/mol. The summed E-state index contributed by atoms with van der Waals surface area (Å²) in [5.74, 6) is 0.895. The number of nitrogens with zero attached hydrogens (tertiary/aromatic N) is 1. The molecule has 1 aliphatic rings. The van der Waals surface area contributed by atoms with Crippen LogP contribution in [0.4, 0.5) is 0 Å². The van der Waals surface area contributed by atoms with Crippen molar-refractivity contribution in [2.24, 2.45) is 5.92 Å². The second-order valence-electron chi connectivity index (χ2n) is 8.11. The summed E-state index contributed by atoms with van der Waals surface area (Å²) in [4.78, 5) is 30.2. The molecule has 2 heterocycles. The molecule has 0 spiro atoms. The first-order valence-electron chi connectivity index (χ1n) is 9.65. The van der Waals surface area contributed by atoms with Gasteiger partial charge in [-0.25, -0.2) is 0 Å². The van der Waals surface area contributed by atoms with Gasteiger partial charge in [0.25, 0.3) is 5.91 Å². The number of rotatable bonds is 6. The Bertz CT molecular complexity index is 825. The van der Waals surface area contributed by atoms with E-state index in [1.54, 1.807) is 43.6 Å². The smallest absolute Gasteiger partial charge is 0.270 e. The molecule has 6 heteroatoms. The fraction of sp³-hybridized carbons (Fsp3) is 0.455. The first-order chi connectivity index (χ1) is 13.3. The van der Waals surface area contributed by atoms with Gasteiger partial charge in [0.05, 0.1) is 12.7 Å². The number of carbonyl (C=O) groups excluding carboxylic acids is 2. The van der Waals surface area contributed by atoms with Crippen LogP contribution in [0.15, 0.2) is 36.5 Å². The largest absolute Gasteiger partial charge is 0.497 e. The number of benzene rings is 1. The summed E-state index contributed by atoms with van der Waals surface area (Å²) in [6, 6.07) is 8.53. The monoisotopic (exact) mass is 384 g/mol. The van der Waals surface area contributed by atoms with E-state index in [2.05, 4.69) is 4.98 Å². The molecule has 0 unspecified atom stereocenters. The lowest BCUT2D eigenvalue weighted by atomic mass is 9.86. The molecule has 28 heavy (non-hydrogen) atoms.